The average Bonchev–Trinajstić information content (AvgIpc) is 2.19. The second-order valence-electron chi connectivity index (χ2n) is 2.74. The van der Waals surface area contributed by atoms with Crippen LogP contribution in [-0.2, 0) is 0 Å². The van der Waals surface area contributed by atoms with Crippen molar-refractivity contribution in [3.05, 3.63) is 36.5 Å². The van der Waals surface area contributed by atoms with Gasteiger partial charge in [-0.15, -0.1) is 6.58 Å². The maximum atomic E-state index is 10.6. The summed E-state index contributed by atoms with van der Waals surface area (Å²) in [5.41, 5.74) is 0.237. The van der Waals surface area contributed by atoms with Crippen molar-refractivity contribution in [1.82, 2.24) is 4.98 Å². The molecule has 0 aliphatic carbocycles. The Morgan fingerprint density at radius 2 is 2.50 bits per heavy atom. The molecule has 4 nitrogen and oxygen atoms in total. The van der Waals surface area contributed by atoms with Crippen molar-refractivity contribution in [2.24, 2.45) is 0 Å². The van der Waals surface area contributed by atoms with Crippen LogP contribution in [0.3, 0.4) is 0 Å². The van der Waals surface area contributed by atoms with Crippen LogP contribution in [0.1, 0.15) is 16.8 Å². The van der Waals surface area contributed by atoms with E-state index in [-0.39, 0.29) is 5.56 Å². The molecule has 0 saturated heterocycles. The summed E-state index contributed by atoms with van der Waals surface area (Å²) in [4.78, 5) is 14.6. The molecule has 1 rings (SSSR count). The fourth-order valence-corrected chi connectivity index (χ4v) is 0.963. The molecule has 0 atom stereocenters. The van der Waals surface area contributed by atoms with E-state index in [0.717, 1.165) is 6.42 Å². The number of hydrogen-bond acceptors (Lipinski definition) is 3. The standard InChI is InChI=1S/C10H12N2O2/c1-2-3-5-11-9-7-8(10(13)14)4-6-12-9/h2,4,6-7H,1,3,5H2,(H,11,12)(H,13,14). The van der Waals surface area contributed by atoms with Gasteiger partial charge in [-0.2, -0.15) is 0 Å². The van der Waals surface area contributed by atoms with Gasteiger partial charge in [0, 0.05) is 12.7 Å². The van der Waals surface area contributed by atoms with Crippen molar-refractivity contribution in [3.63, 3.8) is 0 Å². The summed E-state index contributed by atoms with van der Waals surface area (Å²) in [6.07, 6.45) is 4.08. The van der Waals surface area contributed by atoms with Crippen LogP contribution >= 0.6 is 0 Å². The smallest absolute Gasteiger partial charge is 0.335 e. The zero-order valence-electron chi connectivity index (χ0n) is 7.73. The van der Waals surface area contributed by atoms with Crippen molar-refractivity contribution in [3.8, 4) is 0 Å². The summed E-state index contributed by atoms with van der Waals surface area (Å²) in [7, 11) is 0. The van der Waals surface area contributed by atoms with Gasteiger partial charge in [0.25, 0.3) is 0 Å². The molecule has 0 aliphatic rings. The number of aromatic carboxylic acids is 1. The minimum atomic E-state index is -0.945. The van der Waals surface area contributed by atoms with Gasteiger partial charge in [-0.1, -0.05) is 6.08 Å². The van der Waals surface area contributed by atoms with Crippen LogP contribution in [0.25, 0.3) is 0 Å². The summed E-state index contributed by atoms with van der Waals surface area (Å²) in [5.74, 6) is -0.370. The topological polar surface area (TPSA) is 62.2 Å². The fourth-order valence-electron chi connectivity index (χ4n) is 0.963. The molecule has 0 saturated carbocycles. The molecule has 1 heterocycles. The lowest BCUT2D eigenvalue weighted by atomic mass is 10.2. The minimum absolute atomic E-state index is 0.237. The molecule has 14 heavy (non-hydrogen) atoms. The highest BCUT2D eigenvalue weighted by atomic mass is 16.4. The minimum Gasteiger partial charge on any atom is -0.478 e. The molecule has 0 fully saturated rings. The lowest BCUT2D eigenvalue weighted by Gasteiger charge is -2.03. The van der Waals surface area contributed by atoms with Gasteiger partial charge in [-0.3, -0.25) is 0 Å². The third kappa shape index (κ3) is 2.90. The normalized spacial score (nSPS) is 9.43. The molecule has 0 aromatic carbocycles. The van der Waals surface area contributed by atoms with E-state index in [9.17, 15) is 4.79 Å². The number of hydrogen-bond donors (Lipinski definition) is 2. The quantitative estimate of drug-likeness (QED) is 0.551. The van der Waals surface area contributed by atoms with Crippen LogP contribution in [-0.4, -0.2) is 22.6 Å². The van der Waals surface area contributed by atoms with E-state index in [2.05, 4.69) is 16.9 Å². The molecule has 0 amide bonds. The van der Waals surface area contributed by atoms with E-state index in [0.29, 0.717) is 12.4 Å². The SMILES string of the molecule is C=CCCNc1cc(C(=O)O)ccn1. The zero-order valence-corrected chi connectivity index (χ0v) is 7.73. The molecule has 0 unspecified atom stereocenters. The number of carboxylic acid groups (broad SMARTS) is 1. The second-order valence-corrected chi connectivity index (χ2v) is 2.74. The first-order valence-corrected chi connectivity index (χ1v) is 4.28. The van der Waals surface area contributed by atoms with Crippen LogP contribution in [0.2, 0.25) is 0 Å². The molecular formula is C10H12N2O2. The summed E-state index contributed by atoms with van der Waals surface area (Å²) in [6, 6.07) is 2.96. The Bertz CT molecular complexity index is 337. The zero-order chi connectivity index (χ0) is 10.4. The maximum Gasteiger partial charge on any atom is 0.335 e. The molecule has 1 aromatic rings. The molecule has 0 bridgehead atoms. The fraction of sp³-hybridized carbons (Fsp3) is 0.200. The van der Waals surface area contributed by atoms with E-state index in [1.54, 1.807) is 6.08 Å². The molecule has 0 spiro atoms. The number of carboxylic acids is 1. The largest absolute Gasteiger partial charge is 0.478 e. The summed E-state index contributed by atoms with van der Waals surface area (Å²) < 4.78 is 0. The number of rotatable bonds is 5. The predicted molar refractivity (Wildman–Crippen MR) is 54.5 cm³/mol. The summed E-state index contributed by atoms with van der Waals surface area (Å²) in [5, 5.41) is 11.7. The molecule has 4 heteroatoms. The second kappa shape index (κ2) is 5.01. The first kappa shape index (κ1) is 10.2. The van der Waals surface area contributed by atoms with Crippen LogP contribution in [0.4, 0.5) is 5.82 Å². The van der Waals surface area contributed by atoms with Gasteiger partial charge in [0.2, 0.25) is 0 Å². The number of anilines is 1. The van der Waals surface area contributed by atoms with Gasteiger partial charge in [0.1, 0.15) is 5.82 Å². The number of carbonyl (C=O) groups is 1. The molecule has 0 radical (unpaired) electrons. The van der Waals surface area contributed by atoms with Crippen molar-refractivity contribution in [2.45, 2.75) is 6.42 Å². The van der Waals surface area contributed by atoms with Crippen LogP contribution in [0.15, 0.2) is 31.0 Å². The van der Waals surface area contributed by atoms with E-state index in [1.807, 2.05) is 0 Å². The maximum absolute atomic E-state index is 10.6. The molecular weight excluding hydrogens is 180 g/mol. The highest BCUT2D eigenvalue weighted by Gasteiger charge is 2.02. The van der Waals surface area contributed by atoms with Crippen molar-refractivity contribution in [1.29, 1.82) is 0 Å². The van der Waals surface area contributed by atoms with Crippen molar-refractivity contribution >= 4 is 11.8 Å². The average molecular weight is 192 g/mol. The van der Waals surface area contributed by atoms with Crippen LogP contribution < -0.4 is 5.32 Å². The van der Waals surface area contributed by atoms with Gasteiger partial charge < -0.3 is 10.4 Å². The third-order valence-corrected chi connectivity index (χ3v) is 1.66. The number of aromatic nitrogens is 1. The Hall–Kier alpha value is -1.84. The highest BCUT2D eigenvalue weighted by molar-refractivity contribution is 5.88. The van der Waals surface area contributed by atoms with Crippen molar-refractivity contribution < 1.29 is 9.90 Å². The van der Waals surface area contributed by atoms with E-state index in [1.165, 1.54) is 18.3 Å². The summed E-state index contributed by atoms with van der Waals surface area (Å²) >= 11 is 0. The number of nitrogens with one attached hydrogen (secondary N) is 1. The molecule has 74 valence electrons. The third-order valence-electron chi connectivity index (χ3n) is 1.66. The number of nitrogens with zero attached hydrogens (tertiary/aromatic N) is 1. The Morgan fingerprint density at radius 3 is 3.14 bits per heavy atom. The first-order valence-electron chi connectivity index (χ1n) is 4.28. The lowest BCUT2D eigenvalue weighted by Crippen LogP contribution is -2.04. The van der Waals surface area contributed by atoms with Gasteiger partial charge in [0.05, 0.1) is 5.56 Å². The Labute approximate surface area is 82.3 Å². The monoisotopic (exact) mass is 192 g/mol. The first-order chi connectivity index (χ1) is 6.74. The number of pyridine rings is 1. The Balaban J connectivity index is 2.63. The molecule has 2 N–H and O–H groups in total. The van der Waals surface area contributed by atoms with Crippen molar-refractivity contribution in [2.75, 3.05) is 11.9 Å². The summed E-state index contributed by atoms with van der Waals surface area (Å²) in [6.45, 7) is 4.29. The van der Waals surface area contributed by atoms with Gasteiger partial charge in [-0.25, -0.2) is 9.78 Å². The van der Waals surface area contributed by atoms with E-state index in [4.69, 9.17) is 5.11 Å². The van der Waals surface area contributed by atoms with Gasteiger partial charge >= 0.3 is 5.97 Å². The molecule has 1 aromatic heterocycles. The highest BCUT2D eigenvalue weighted by Crippen LogP contribution is 2.06. The van der Waals surface area contributed by atoms with Crippen LogP contribution in [0, 0.1) is 0 Å². The lowest BCUT2D eigenvalue weighted by molar-refractivity contribution is 0.0697. The van der Waals surface area contributed by atoms with E-state index >= 15 is 0 Å². The Morgan fingerprint density at radius 1 is 1.71 bits per heavy atom. The van der Waals surface area contributed by atoms with Crippen LogP contribution in [0.5, 0.6) is 0 Å². The Kier molecular flexibility index (Phi) is 3.67. The van der Waals surface area contributed by atoms with E-state index < -0.39 is 5.97 Å². The molecule has 0 aliphatic heterocycles. The van der Waals surface area contributed by atoms with Gasteiger partial charge in [0.15, 0.2) is 0 Å². The van der Waals surface area contributed by atoms with Gasteiger partial charge in [-0.05, 0) is 18.6 Å². The predicted octanol–water partition coefficient (Wildman–Crippen LogP) is 1.77.